The Morgan fingerprint density at radius 2 is 2.06 bits per heavy atom. The van der Waals surface area contributed by atoms with Crippen molar-refractivity contribution in [3.8, 4) is 0 Å². The monoisotopic (exact) mass is 251 g/mol. The summed E-state index contributed by atoms with van der Waals surface area (Å²) < 4.78 is 18.4. The largest absolute Gasteiger partial charge is 0.381 e. The fraction of sp³-hybridized carbons (Fsp3) is 0.600. The molecule has 0 bridgehead atoms. The number of nitrogens with one attached hydrogen (secondary N) is 1. The zero-order chi connectivity index (χ0) is 13.0. The zero-order valence-corrected chi connectivity index (χ0v) is 11.3. The molecule has 0 aliphatic carbocycles. The van der Waals surface area contributed by atoms with Gasteiger partial charge in [0.25, 0.3) is 0 Å². The van der Waals surface area contributed by atoms with E-state index in [-0.39, 0.29) is 5.82 Å². The molecule has 2 nitrogen and oxygen atoms in total. The second-order valence-corrected chi connectivity index (χ2v) is 5.60. The summed E-state index contributed by atoms with van der Waals surface area (Å²) in [5, 5.41) is 3.49. The predicted octanol–water partition coefficient (Wildman–Crippen LogP) is 3.04. The van der Waals surface area contributed by atoms with E-state index in [4.69, 9.17) is 4.74 Å². The summed E-state index contributed by atoms with van der Waals surface area (Å²) in [6.45, 7) is 7.80. The summed E-state index contributed by atoms with van der Waals surface area (Å²) in [5.41, 5.74) is 2.53. The Morgan fingerprint density at radius 1 is 1.33 bits per heavy atom. The highest BCUT2D eigenvalue weighted by Gasteiger charge is 2.26. The van der Waals surface area contributed by atoms with Crippen LogP contribution in [0.5, 0.6) is 0 Å². The molecule has 100 valence electrons. The van der Waals surface area contributed by atoms with Crippen LogP contribution in [0.3, 0.4) is 0 Å². The van der Waals surface area contributed by atoms with Gasteiger partial charge in [0.2, 0.25) is 0 Å². The van der Waals surface area contributed by atoms with Crippen LogP contribution in [0.25, 0.3) is 0 Å². The lowest BCUT2D eigenvalue weighted by Crippen LogP contribution is -2.36. The van der Waals surface area contributed by atoms with E-state index in [0.29, 0.717) is 5.41 Å². The normalized spacial score (nSPS) is 18.8. The topological polar surface area (TPSA) is 21.3 Å². The Balaban J connectivity index is 1.84. The van der Waals surface area contributed by atoms with E-state index >= 15 is 0 Å². The van der Waals surface area contributed by atoms with Crippen LogP contribution in [0.1, 0.15) is 30.9 Å². The Bertz CT molecular complexity index is 399. The molecular weight excluding hydrogens is 229 g/mol. The van der Waals surface area contributed by atoms with Crippen LogP contribution >= 0.6 is 0 Å². The van der Waals surface area contributed by atoms with Gasteiger partial charge in [-0.05, 0) is 48.4 Å². The number of hydrogen-bond donors (Lipinski definition) is 1. The van der Waals surface area contributed by atoms with Crippen LogP contribution in [0.2, 0.25) is 0 Å². The fourth-order valence-corrected chi connectivity index (χ4v) is 2.40. The third kappa shape index (κ3) is 3.53. The Hall–Kier alpha value is -0.930. The summed E-state index contributed by atoms with van der Waals surface area (Å²) >= 11 is 0. The van der Waals surface area contributed by atoms with Gasteiger partial charge in [-0.3, -0.25) is 0 Å². The minimum absolute atomic E-state index is 0.160. The van der Waals surface area contributed by atoms with Gasteiger partial charge in [-0.25, -0.2) is 4.39 Å². The molecule has 1 aliphatic rings. The maximum absolute atomic E-state index is 13.0. The number of benzene rings is 1. The third-order valence-electron chi connectivity index (χ3n) is 3.87. The highest BCUT2D eigenvalue weighted by molar-refractivity contribution is 5.26. The van der Waals surface area contributed by atoms with Crippen molar-refractivity contribution in [3.63, 3.8) is 0 Å². The summed E-state index contributed by atoms with van der Waals surface area (Å²) in [4.78, 5) is 0. The molecule has 2 rings (SSSR count). The minimum Gasteiger partial charge on any atom is -0.381 e. The van der Waals surface area contributed by atoms with E-state index in [1.165, 1.54) is 11.6 Å². The molecule has 0 radical (unpaired) electrons. The van der Waals surface area contributed by atoms with Crippen molar-refractivity contribution < 1.29 is 9.13 Å². The second kappa shape index (κ2) is 5.81. The van der Waals surface area contributed by atoms with Crippen molar-refractivity contribution in [2.75, 3.05) is 19.8 Å². The molecule has 0 aromatic heterocycles. The van der Waals surface area contributed by atoms with E-state index in [0.717, 1.165) is 44.7 Å². The summed E-state index contributed by atoms with van der Waals surface area (Å²) in [6, 6.07) is 4.98. The van der Waals surface area contributed by atoms with E-state index in [2.05, 4.69) is 12.2 Å². The Morgan fingerprint density at radius 3 is 2.72 bits per heavy atom. The predicted molar refractivity (Wildman–Crippen MR) is 71.0 cm³/mol. The first kappa shape index (κ1) is 13.5. The summed E-state index contributed by atoms with van der Waals surface area (Å²) in [5.74, 6) is -0.160. The van der Waals surface area contributed by atoms with Crippen molar-refractivity contribution >= 4 is 0 Å². The SMILES string of the molecule is Cc1cc(F)ccc1CNCC1(C)CCOCC1. The number of aryl methyl sites for hydroxylation is 1. The highest BCUT2D eigenvalue weighted by Crippen LogP contribution is 2.28. The molecule has 1 aromatic rings. The zero-order valence-electron chi connectivity index (χ0n) is 11.3. The first-order valence-corrected chi connectivity index (χ1v) is 6.63. The molecule has 0 saturated carbocycles. The summed E-state index contributed by atoms with van der Waals surface area (Å²) in [7, 11) is 0. The molecule has 1 heterocycles. The van der Waals surface area contributed by atoms with E-state index in [9.17, 15) is 4.39 Å². The van der Waals surface area contributed by atoms with Gasteiger partial charge in [0.1, 0.15) is 5.82 Å². The van der Waals surface area contributed by atoms with E-state index in [1.54, 1.807) is 6.07 Å². The number of halogens is 1. The van der Waals surface area contributed by atoms with E-state index < -0.39 is 0 Å². The number of hydrogen-bond acceptors (Lipinski definition) is 2. The van der Waals surface area contributed by atoms with Crippen LogP contribution in [-0.4, -0.2) is 19.8 Å². The maximum Gasteiger partial charge on any atom is 0.123 e. The Kier molecular flexibility index (Phi) is 4.36. The molecule has 1 saturated heterocycles. The molecule has 18 heavy (non-hydrogen) atoms. The molecule has 0 atom stereocenters. The highest BCUT2D eigenvalue weighted by atomic mass is 19.1. The first-order valence-electron chi connectivity index (χ1n) is 6.63. The minimum atomic E-state index is -0.160. The molecular formula is C15H22FNO. The van der Waals surface area contributed by atoms with Gasteiger partial charge in [0.05, 0.1) is 0 Å². The lowest BCUT2D eigenvalue weighted by atomic mass is 9.82. The Labute approximate surface area is 109 Å². The van der Waals surface area contributed by atoms with Crippen molar-refractivity contribution in [1.82, 2.24) is 5.32 Å². The van der Waals surface area contributed by atoms with Crippen molar-refractivity contribution in [1.29, 1.82) is 0 Å². The lowest BCUT2D eigenvalue weighted by Gasteiger charge is -2.33. The third-order valence-corrected chi connectivity index (χ3v) is 3.87. The molecule has 1 aromatic carbocycles. The summed E-state index contributed by atoms with van der Waals surface area (Å²) in [6.07, 6.45) is 2.23. The molecule has 0 unspecified atom stereocenters. The van der Waals surface area contributed by atoms with Gasteiger partial charge in [-0.2, -0.15) is 0 Å². The fourth-order valence-electron chi connectivity index (χ4n) is 2.40. The number of ether oxygens (including phenoxy) is 1. The molecule has 3 heteroatoms. The molecule has 0 amide bonds. The standard InChI is InChI=1S/C15H22FNO/c1-12-9-14(16)4-3-13(12)10-17-11-15(2)5-7-18-8-6-15/h3-4,9,17H,5-8,10-11H2,1-2H3. The first-order chi connectivity index (χ1) is 8.59. The van der Waals surface area contributed by atoms with Gasteiger partial charge in [0.15, 0.2) is 0 Å². The second-order valence-electron chi connectivity index (χ2n) is 5.60. The van der Waals surface area contributed by atoms with Crippen molar-refractivity contribution in [3.05, 3.63) is 35.1 Å². The average Bonchev–Trinajstić information content (AvgIpc) is 2.33. The van der Waals surface area contributed by atoms with Gasteiger partial charge < -0.3 is 10.1 Å². The lowest BCUT2D eigenvalue weighted by molar-refractivity contribution is 0.0240. The smallest absolute Gasteiger partial charge is 0.123 e. The van der Waals surface area contributed by atoms with Crippen molar-refractivity contribution in [2.45, 2.75) is 33.2 Å². The van der Waals surface area contributed by atoms with E-state index in [1.807, 2.05) is 13.0 Å². The molecule has 0 spiro atoms. The van der Waals surface area contributed by atoms with Gasteiger partial charge in [-0.15, -0.1) is 0 Å². The van der Waals surface area contributed by atoms with Gasteiger partial charge in [0, 0.05) is 26.3 Å². The molecule has 1 aliphatic heterocycles. The van der Waals surface area contributed by atoms with Crippen LogP contribution in [0.4, 0.5) is 4.39 Å². The molecule has 1 fully saturated rings. The molecule has 1 N–H and O–H groups in total. The van der Waals surface area contributed by atoms with Crippen LogP contribution in [0, 0.1) is 18.2 Å². The number of rotatable bonds is 4. The van der Waals surface area contributed by atoms with Crippen molar-refractivity contribution in [2.24, 2.45) is 5.41 Å². The maximum atomic E-state index is 13.0. The van der Waals surface area contributed by atoms with Crippen LogP contribution < -0.4 is 5.32 Å². The van der Waals surface area contributed by atoms with Gasteiger partial charge in [-0.1, -0.05) is 13.0 Å². The van der Waals surface area contributed by atoms with Crippen LogP contribution in [-0.2, 0) is 11.3 Å². The quantitative estimate of drug-likeness (QED) is 0.888. The van der Waals surface area contributed by atoms with Crippen LogP contribution in [0.15, 0.2) is 18.2 Å². The van der Waals surface area contributed by atoms with Gasteiger partial charge >= 0.3 is 0 Å². The average molecular weight is 251 g/mol.